The molecule has 106 valence electrons. The second-order valence-electron chi connectivity index (χ2n) is 4.53. The van der Waals surface area contributed by atoms with E-state index in [1.165, 1.54) is 12.1 Å². The Kier molecular flexibility index (Phi) is 4.23. The highest BCUT2D eigenvalue weighted by molar-refractivity contribution is 7.89. The molecular formula is C11H17N3O4S. The van der Waals surface area contributed by atoms with E-state index >= 15 is 0 Å². The van der Waals surface area contributed by atoms with Gasteiger partial charge < -0.3 is 15.1 Å². The Bertz CT molecular complexity index is 548. The van der Waals surface area contributed by atoms with Crippen molar-refractivity contribution in [3.63, 3.8) is 0 Å². The molecule has 0 saturated heterocycles. The summed E-state index contributed by atoms with van der Waals surface area (Å²) in [7, 11) is -3.79. The number of hydrogen-bond donors (Lipinski definition) is 3. The maximum atomic E-state index is 11.4. The maximum absolute atomic E-state index is 11.4. The Morgan fingerprint density at radius 3 is 2.74 bits per heavy atom. The fraction of sp³-hybridized carbons (Fsp3) is 0.545. The van der Waals surface area contributed by atoms with Gasteiger partial charge in [0, 0.05) is 19.0 Å². The smallest absolute Gasteiger partial charge is 0.271 e. The van der Waals surface area contributed by atoms with Gasteiger partial charge >= 0.3 is 0 Å². The van der Waals surface area contributed by atoms with Crippen LogP contribution in [0.25, 0.3) is 0 Å². The summed E-state index contributed by atoms with van der Waals surface area (Å²) in [5.41, 5.74) is 0. The Hall–Kier alpha value is -1.38. The molecule has 1 fully saturated rings. The first-order valence-corrected chi connectivity index (χ1v) is 7.61. The third kappa shape index (κ3) is 4.66. The molecule has 7 nitrogen and oxygen atoms in total. The van der Waals surface area contributed by atoms with Crippen molar-refractivity contribution in [3.05, 3.63) is 17.9 Å². The SMILES string of the molecule is NS(=O)(=O)c1ccc(CNCCC(=O)NC2CC2)o1. The van der Waals surface area contributed by atoms with Crippen LogP contribution in [-0.4, -0.2) is 26.9 Å². The molecule has 1 heterocycles. The molecule has 0 atom stereocenters. The summed E-state index contributed by atoms with van der Waals surface area (Å²) in [6, 6.07) is 3.22. The molecule has 0 unspecified atom stereocenters. The number of hydrogen-bond acceptors (Lipinski definition) is 5. The number of furan rings is 1. The minimum Gasteiger partial charge on any atom is -0.447 e. The predicted octanol–water partition coefficient (Wildman–Crippen LogP) is -0.315. The van der Waals surface area contributed by atoms with Crippen LogP contribution in [0.3, 0.4) is 0 Å². The monoisotopic (exact) mass is 287 g/mol. The van der Waals surface area contributed by atoms with Gasteiger partial charge in [-0.15, -0.1) is 0 Å². The Morgan fingerprint density at radius 1 is 1.42 bits per heavy atom. The maximum Gasteiger partial charge on any atom is 0.271 e. The summed E-state index contributed by atoms with van der Waals surface area (Å²) in [5, 5.41) is 10.5. The fourth-order valence-corrected chi connectivity index (χ4v) is 2.03. The highest BCUT2D eigenvalue weighted by Crippen LogP contribution is 2.18. The molecule has 8 heteroatoms. The number of sulfonamides is 1. The first-order chi connectivity index (χ1) is 8.95. The summed E-state index contributed by atoms with van der Waals surface area (Å²) < 4.78 is 27.0. The molecule has 1 aliphatic rings. The van der Waals surface area contributed by atoms with Crippen molar-refractivity contribution in [1.29, 1.82) is 0 Å². The van der Waals surface area contributed by atoms with Crippen LogP contribution in [0.5, 0.6) is 0 Å². The summed E-state index contributed by atoms with van der Waals surface area (Å²) in [5.74, 6) is 0.492. The standard InChI is InChI=1S/C11H17N3O4S/c12-19(16,17)11-4-3-9(18-11)7-13-6-5-10(15)14-8-1-2-8/h3-4,8,13H,1-2,5-7H2,(H,14,15)(H2,12,16,17). The van der Waals surface area contributed by atoms with Crippen molar-refractivity contribution < 1.29 is 17.6 Å². The van der Waals surface area contributed by atoms with Gasteiger partial charge in [-0.25, -0.2) is 13.6 Å². The highest BCUT2D eigenvalue weighted by Gasteiger charge is 2.22. The molecule has 0 bridgehead atoms. The zero-order valence-electron chi connectivity index (χ0n) is 10.4. The van der Waals surface area contributed by atoms with Gasteiger partial charge in [0.15, 0.2) is 0 Å². The normalized spacial score (nSPS) is 15.4. The molecule has 0 spiro atoms. The van der Waals surface area contributed by atoms with Crippen LogP contribution >= 0.6 is 0 Å². The van der Waals surface area contributed by atoms with E-state index in [2.05, 4.69) is 10.6 Å². The van der Waals surface area contributed by atoms with Gasteiger partial charge in [-0.05, 0) is 25.0 Å². The van der Waals surface area contributed by atoms with E-state index in [-0.39, 0.29) is 11.0 Å². The lowest BCUT2D eigenvalue weighted by Crippen LogP contribution is -2.28. The van der Waals surface area contributed by atoms with Gasteiger partial charge in [0.05, 0.1) is 6.54 Å². The molecule has 0 aromatic carbocycles. The molecule has 1 saturated carbocycles. The number of nitrogens with two attached hydrogens (primary N) is 1. The van der Waals surface area contributed by atoms with E-state index < -0.39 is 10.0 Å². The van der Waals surface area contributed by atoms with Crippen molar-refractivity contribution in [2.24, 2.45) is 5.14 Å². The molecule has 1 amide bonds. The Labute approximate surface area is 111 Å². The summed E-state index contributed by atoms with van der Waals surface area (Å²) in [6.07, 6.45) is 2.53. The summed E-state index contributed by atoms with van der Waals surface area (Å²) >= 11 is 0. The minimum absolute atomic E-state index is 0.0275. The van der Waals surface area contributed by atoms with E-state index in [1.807, 2.05) is 0 Å². The number of primary sulfonamides is 1. The second kappa shape index (κ2) is 5.72. The van der Waals surface area contributed by atoms with Crippen molar-refractivity contribution >= 4 is 15.9 Å². The van der Waals surface area contributed by atoms with Gasteiger partial charge in [0.25, 0.3) is 10.0 Å². The topological polar surface area (TPSA) is 114 Å². The molecule has 1 aliphatic carbocycles. The molecule has 1 aromatic heterocycles. The number of carbonyl (C=O) groups is 1. The fourth-order valence-electron chi connectivity index (χ4n) is 1.55. The third-order valence-corrected chi connectivity index (χ3v) is 3.47. The van der Waals surface area contributed by atoms with E-state index in [0.717, 1.165) is 12.8 Å². The Morgan fingerprint density at radius 2 is 2.16 bits per heavy atom. The van der Waals surface area contributed by atoms with Crippen LogP contribution in [0, 0.1) is 0 Å². The molecule has 0 radical (unpaired) electrons. The molecule has 19 heavy (non-hydrogen) atoms. The lowest BCUT2D eigenvalue weighted by Gasteiger charge is -2.04. The minimum atomic E-state index is -3.79. The number of nitrogens with one attached hydrogen (secondary N) is 2. The van der Waals surface area contributed by atoms with Crippen LogP contribution in [-0.2, 0) is 21.4 Å². The van der Waals surface area contributed by atoms with Crippen LogP contribution in [0.15, 0.2) is 21.6 Å². The summed E-state index contributed by atoms with van der Waals surface area (Å²) in [6.45, 7) is 0.857. The number of carbonyl (C=O) groups excluding carboxylic acids is 1. The molecule has 0 aliphatic heterocycles. The van der Waals surface area contributed by atoms with Gasteiger partial charge in [-0.3, -0.25) is 4.79 Å². The lowest BCUT2D eigenvalue weighted by molar-refractivity contribution is -0.121. The van der Waals surface area contributed by atoms with Gasteiger partial charge in [0.1, 0.15) is 5.76 Å². The highest BCUT2D eigenvalue weighted by atomic mass is 32.2. The van der Waals surface area contributed by atoms with Crippen molar-refractivity contribution in [2.45, 2.75) is 36.9 Å². The number of rotatable bonds is 7. The van der Waals surface area contributed by atoms with E-state index in [0.29, 0.717) is 31.3 Å². The van der Waals surface area contributed by atoms with Gasteiger partial charge in [0.2, 0.25) is 11.0 Å². The average molecular weight is 287 g/mol. The van der Waals surface area contributed by atoms with Crippen molar-refractivity contribution in [3.8, 4) is 0 Å². The first-order valence-electron chi connectivity index (χ1n) is 6.07. The average Bonchev–Trinajstić information content (AvgIpc) is 2.98. The van der Waals surface area contributed by atoms with E-state index in [9.17, 15) is 13.2 Å². The quantitative estimate of drug-likeness (QED) is 0.595. The molecular weight excluding hydrogens is 270 g/mol. The van der Waals surface area contributed by atoms with Crippen molar-refractivity contribution in [1.82, 2.24) is 10.6 Å². The second-order valence-corrected chi connectivity index (χ2v) is 6.03. The zero-order chi connectivity index (χ0) is 13.9. The van der Waals surface area contributed by atoms with E-state index in [1.54, 1.807) is 0 Å². The molecule has 1 aromatic rings. The number of amides is 1. The largest absolute Gasteiger partial charge is 0.447 e. The van der Waals surface area contributed by atoms with E-state index in [4.69, 9.17) is 9.56 Å². The Balaban J connectivity index is 1.67. The van der Waals surface area contributed by atoms with Crippen LogP contribution in [0.1, 0.15) is 25.0 Å². The molecule has 2 rings (SSSR count). The van der Waals surface area contributed by atoms with Crippen LogP contribution < -0.4 is 15.8 Å². The third-order valence-electron chi connectivity index (χ3n) is 2.69. The summed E-state index contributed by atoms with van der Waals surface area (Å²) in [4.78, 5) is 11.4. The predicted molar refractivity (Wildman–Crippen MR) is 67.6 cm³/mol. The van der Waals surface area contributed by atoms with Gasteiger partial charge in [-0.1, -0.05) is 0 Å². The van der Waals surface area contributed by atoms with Crippen LogP contribution in [0.4, 0.5) is 0 Å². The van der Waals surface area contributed by atoms with Gasteiger partial charge in [-0.2, -0.15) is 0 Å². The first kappa shape index (κ1) is 14.0. The lowest BCUT2D eigenvalue weighted by atomic mass is 10.3. The van der Waals surface area contributed by atoms with Crippen LogP contribution in [0.2, 0.25) is 0 Å². The van der Waals surface area contributed by atoms with Crippen molar-refractivity contribution in [2.75, 3.05) is 6.54 Å². The molecule has 4 N–H and O–H groups in total. The zero-order valence-corrected chi connectivity index (χ0v) is 11.2.